The number of likely N-dealkylation sites (tertiary alicyclic amines) is 1. The Balaban J connectivity index is 1.71. The number of hydrogen-bond acceptors (Lipinski definition) is 4. The number of nitrogens with two attached hydrogens (primary N) is 1. The van der Waals surface area contributed by atoms with Gasteiger partial charge in [0.2, 0.25) is 0 Å². The number of ether oxygens (including phenoxy) is 1. The van der Waals surface area contributed by atoms with Crippen molar-refractivity contribution in [2.75, 3.05) is 19.6 Å². The quantitative estimate of drug-likeness (QED) is 0.790. The molecule has 1 atom stereocenters. The molecule has 1 fully saturated rings. The second kappa shape index (κ2) is 5.98. The van der Waals surface area contributed by atoms with Crippen molar-refractivity contribution >= 4 is 5.97 Å². The van der Waals surface area contributed by atoms with Gasteiger partial charge < -0.3 is 10.5 Å². The number of rotatable bonds is 5. The van der Waals surface area contributed by atoms with Gasteiger partial charge in [-0.3, -0.25) is 9.69 Å². The molecule has 1 aromatic carbocycles. The zero-order valence-corrected chi connectivity index (χ0v) is 10.7. The minimum absolute atomic E-state index is 0.0961. The molecule has 4 nitrogen and oxygen atoms in total. The van der Waals surface area contributed by atoms with Gasteiger partial charge in [0, 0.05) is 25.7 Å². The molecular formula is C14H20N2O2. The summed E-state index contributed by atoms with van der Waals surface area (Å²) in [7, 11) is 0. The lowest BCUT2D eigenvalue weighted by Crippen LogP contribution is -2.57. The molecule has 1 aliphatic heterocycles. The van der Waals surface area contributed by atoms with Crippen molar-refractivity contribution < 1.29 is 9.53 Å². The Kier molecular flexibility index (Phi) is 4.33. The number of hydrogen-bond donors (Lipinski definition) is 1. The average Bonchev–Trinajstić information content (AvgIpc) is 2.35. The third kappa shape index (κ3) is 3.55. The van der Waals surface area contributed by atoms with Crippen LogP contribution in [0, 0.1) is 5.92 Å². The molecule has 0 bridgehead atoms. The second-order valence-electron chi connectivity index (χ2n) is 4.97. The summed E-state index contributed by atoms with van der Waals surface area (Å²) in [6.45, 7) is 4.76. The monoisotopic (exact) mass is 248 g/mol. The van der Waals surface area contributed by atoms with Crippen LogP contribution in [-0.4, -0.2) is 36.5 Å². The van der Waals surface area contributed by atoms with E-state index < -0.39 is 0 Å². The maximum absolute atomic E-state index is 11.8. The molecule has 1 saturated heterocycles. The van der Waals surface area contributed by atoms with Gasteiger partial charge in [0.25, 0.3) is 0 Å². The fraction of sp³-hybridized carbons (Fsp3) is 0.500. The Labute approximate surface area is 108 Å². The molecular weight excluding hydrogens is 228 g/mol. The third-order valence-electron chi connectivity index (χ3n) is 3.14. The molecule has 18 heavy (non-hydrogen) atoms. The van der Waals surface area contributed by atoms with Crippen molar-refractivity contribution in [3.8, 4) is 0 Å². The largest absolute Gasteiger partial charge is 0.461 e. The van der Waals surface area contributed by atoms with Gasteiger partial charge in [-0.25, -0.2) is 0 Å². The molecule has 1 heterocycles. The van der Waals surface area contributed by atoms with Crippen LogP contribution in [0.3, 0.4) is 0 Å². The van der Waals surface area contributed by atoms with E-state index in [4.69, 9.17) is 10.5 Å². The SMILES string of the molecule is CC(CN1CC(N)C1)C(=O)OCc1ccccc1. The molecule has 1 aromatic rings. The number of nitrogens with zero attached hydrogens (tertiary/aromatic N) is 1. The minimum Gasteiger partial charge on any atom is -0.461 e. The highest BCUT2D eigenvalue weighted by Gasteiger charge is 2.26. The van der Waals surface area contributed by atoms with Crippen LogP contribution in [0.15, 0.2) is 30.3 Å². The summed E-state index contributed by atoms with van der Waals surface area (Å²) in [5.41, 5.74) is 6.72. The molecule has 0 amide bonds. The lowest BCUT2D eigenvalue weighted by molar-refractivity contribution is -0.150. The summed E-state index contributed by atoms with van der Waals surface area (Å²) in [6, 6.07) is 10.00. The molecule has 1 unspecified atom stereocenters. The molecule has 0 aromatic heterocycles. The van der Waals surface area contributed by atoms with E-state index in [1.54, 1.807) is 0 Å². The summed E-state index contributed by atoms with van der Waals surface area (Å²) < 4.78 is 5.29. The Morgan fingerprint density at radius 1 is 1.44 bits per heavy atom. The zero-order valence-electron chi connectivity index (χ0n) is 10.7. The first kappa shape index (κ1) is 13.1. The Morgan fingerprint density at radius 2 is 2.11 bits per heavy atom. The van der Waals surface area contributed by atoms with E-state index in [2.05, 4.69) is 4.90 Å². The lowest BCUT2D eigenvalue weighted by atomic mass is 10.1. The van der Waals surface area contributed by atoms with Crippen molar-refractivity contribution in [3.63, 3.8) is 0 Å². The molecule has 0 aliphatic carbocycles. The van der Waals surface area contributed by atoms with E-state index in [9.17, 15) is 4.79 Å². The number of carbonyl (C=O) groups excluding carboxylic acids is 1. The molecule has 0 radical (unpaired) electrons. The maximum atomic E-state index is 11.8. The van der Waals surface area contributed by atoms with Crippen LogP contribution >= 0.6 is 0 Å². The van der Waals surface area contributed by atoms with E-state index in [-0.39, 0.29) is 17.9 Å². The number of benzene rings is 1. The number of carbonyl (C=O) groups is 1. The molecule has 0 spiro atoms. The van der Waals surface area contributed by atoms with Gasteiger partial charge >= 0.3 is 5.97 Å². The van der Waals surface area contributed by atoms with Crippen LogP contribution in [0.25, 0.3) is 0 Å². The number of esters is 1. The maximum Gasteiger partial charge on any atom is 0.310 e. The van der Waals surface area contributed by atoms with Crippen molar-refractivity contribution in [2.45, 2.75) is 19.6 Å². The van der Waals surface area contributed by atoms with Gasteiger partial charge in [-0.15, -0.1) is 0 Å². The Morgan fingerprint density at radius 3 is 2.72 bits per heavy atom. The predicted molar refractivity (Wildman–Crippen MR) is 69.8 cm³/mol. The normalized spacial score (nSPS) is 18.1. The first-order chi connectivity index (χ1) is 8.65. The van der Waals surface area contributed by atoms with E-state index >= 15 is 0 Å². The first-order valence-electron chi connectivity index (χ1n) is 6.33. The first-order valence-corrected chi connectivity index (χ1v) is 6.33. The van der Waals surface area contributed by atoms with E-state index in [0.717, 1.165) is 25.2 Å². The Hall–Kier alpha value is -1.39. The van der Waals surface area contributed by atoms with Gasteiger partial charge in [-0.1, -0.05) is 37.3 Å². The van der Waals surface area contributed by atoms with Gasteiger partial charge in [0.15, 0.2) is 0 Å². The molecule has 2 rings (SSSR count). The standard InChI is InChI=1S/C14H20N2O2/c1-11(7-16-8-13(15)9-16)14(17)18-10-12-5-3-2-4-6-12/h2-6,11,13H,7-10,15H2,1H3. The van der Waals surface area contributed by atoms with Crippen molar-refractivity contribution in [1.82, 2.24) is 4.90 Å². The molecule has 2 N–H and O–H groups in total. The topological polar surface area (TPSA) is 55.6 Å². The van der Waals surface area contributed by atoms with Crippen LogP contribution in [0.4, 0.5) is 0 Å². The van der Waals surface area contributed by atoms with Crippen LogP contribution < -0.4 is 5.73 Å². The van der Waals surface area contributed by atoms with Gasteiger partial charge in [-0.05, 0) is 5.56 Å². The highest BCUT2D eigenvalue weighted by molar-refractivity contribution is 5.72. The van der Waals surface area contributed by atoms with Crippen LogP contribution in [0.5, 0.6) is 0 Å². The Bertz CT molecular complexity index is 388. The molecule has 4 heteroatoms. The van der Waals surface area contributed by atoms with E-state index in [0.29, 0.717) is 6.61 Å². The van der Waals surface area contributed by atoms with Crippen LogP contribution in [-0.2, 0) is 16.1 Å². The minimum atomic E-state index is -0.140. The highest BCUT2D eigenvalue weighted by Crippen LogP contribution is 2.11. The second-order valence-corrected chi connectivity index (χ2v) is 4.97. The predicted octanol–water partition coefficient (Wildman–Crippen LogP) is 1.01. The van der Waals surface area contributed by atoms with Crippen molar-refractivity contribution in [2.24, 2.45) is 11.7 Å². The average molecular weight is 248 g/mol. The molecule has 0 saturated carbocycles. The summed E-state index contributed by atoms with van der Waals surface area (Å²) in [5.74, 6) is -0.236. The third-order valence-corrected chi connectivity index (χ3v) is 3.14. The van der Waals surface area contributed by atoms with Crippen molar-refractivity contribution in [3.05, 3.63) is 35.9 Å². The van der Waals surface area contributed by atoms with Crippen molar-refractivity contribution in [1.29, 1.82) is 0 Å². The zero-order chi connectivity index (χ0) is 13.0. The fourth-order valence-corrected chi connectivity index (χ4v) is 2.09. The van der Waals surface area contributed by atoms with Gasteiger partial charge in [-0.2, -0.15) is 0 Å². The van der Waals surface area contributed by atoms with Crippen LogP contribution in [0.2, 0.25) is 0 Å². The summed E-state index contributed by atoms with van der Waals surface area (Å²) in [5, 5.41) is 0. The summed E-state index contributed by atoms with van der Waals surface area (Å²) in [4.78, 5) is 14.0. The molecule has 98 valence electrons. The highest BCUT2D eigenvalue weighted by atomic mass is 16.5. The smallest absolute Gasteiger partial charge is 0.310 e. The lowest BCUT2D eigenvalue weighted by Gasteiger charge is -2.37. The summed E-state index contributed by atoms with van der Waals surface area (Å²) in [6.07, 6.45) is 0. The van der Waals surface area contributed by atoms with Crippen LogP contribution in [0.1, 0.15) is 12.5 Å². The van der Waals surface area contributed by atoms with E-state index in [1.165, 1.54) is 0 Å². The van der Waals surface area contributed by atoms with Gasteiger partial charge in [0.1, 0.15) is 6.61 Å². The molecule has 1 aliphatic rings. The fourth-order valence-electron chi connectivity index (χ4n) is 2.09. The summed E-state index contributed by atoms with van der Waals surface area (Å²) >= 11 is 0. The van der Waals surface area contributed by atoms with Gasteiger partial charge in [0.05, 0.1) is 5.92 Å². The van der Waals surface area contributed by atoms with E-state index in [1.807, 2.05) is 37.3 Å².